The van der Waals surface area contributed by atoms with Crippen molar-refractivity contribution in [3.63, 3.8) is 0 Å². The van der Waals surface area contributed by atoms with Crippen molar-refractivity contribution in [2.45, 2.75) is 42.2 Å². The lowest BCUT2D eigenvalue weighted by atomic mass is 9.82. The van der Waals surface area contributed by atoms with E-state index in [0.29, 0.717) is 6.42 Å². The predicted octanol–water partition coefficient (Wildman–Crippen LogP) is 5.52. The number of halogens is 5. The van der Waals surface area contributed by atoms with Crippen LogP contribution in [0.4, 0.5) is 22.0 Å². The fourth-order valence-corrected chi connectivity index (χ4v) is 5.52. The number of benzene rings is 3. The molecule has 4 rings (SSSR count). The summed E-state index contributed by atoms with van der Waals surface area (Å²) in [6, 6.07) is 15.0. The molecule has 1 N–H and O–H groups in total. The van der Waals surface area contributed by atoms with Gasteiger partial charge in [-0.05, 0) is 72.5 Å². The first-order chi connectivity index (χ1) is 17.0. The summed E-state index contributed by atoms with van der Waals surface area (Å²) in [5.74, 6) is -1.79. The number of rotatable bonds is 7. The van der Waals surface area contributed by atoms with Gasteiger partial charge >= 0.3 is 6.36 Å². The summed E-state index contributed by atoms with van der Waals surface area (Å²) in [7, 11) is -4.05. The number of ether oxygens (including phenoxy) is 2. The first kappa shape index (κ1) is 26.1. The van der Waals surface area contributed by atoms with E-state index in [9.17, 15) is 30.4 Å². The summed E-state index contributed by atoms with van der Waals surface area (Å²) in [6.07, 6.45) is -4.77. The van der Waals surface area contributed by atoms with Gasteiger partial charge in [-0.25, -0.2) is 21.9 Å². The van der Waals surface area contributed by atoms with Gasteiger partial charge in [0.05, 0.1) is 11.0 Å². The molecule has 1 aliphatic heterocycles. The van der Waals surface area contributed by atoms with Crippen molar-refractivity contribution in [1.82, 2.24) is 4.72 Å². The highest BCUT2D eigenvalue weighted by Crippen LogP contribution is 2.35. The second-order valence-electron chi connectivity index (χ2n) is 8.35. The average molecular weight is 528 g/mol. The minimum atomic E-state index is -4.89. The van der Waals surface area contributed by atoms with Gasteiger partial charge in [0.25, 0.3) is 0 Å². The molecule has 1 unspecified atom stereocenters. The standard InChI is InChI=1S/C25H22F5NO4S/c26-18-5-1-16(2-6-18)24(17-3-7-19(27)8-4-17)23-15-20(13-14-34-23)31-36(32,33)22-11-9-21(10-12-22)35-25(28,29)30/h1-12,20,23-24,31H,13-15H2/t20-,23?/m1/s1. The van der Waals surface area contributed by atoms with Crippen molar-refractivity contribution < 1.29 is 39.8 Å². The monoisotopic (exact) mass is 527 g/mol. The van der Waals surface area contributed by atoms with Crippen LogP contribution in [0, 0.1) is 11.6 Å². The van der Waals surface area contributed by atoms with Crippen LogP contribution in [0.1, 0.15) is 29.9 Å². The molecule has 36 heavy (non-hydrogen) atoms. The fourth-order valence-electron chi connectivity index (χ4n) is 4.24. The van der Waals surface area contributed by atoms with Gasteiger partial charge in [0.15, 0.2) is 0 Å². The maximum atomic E-state index is 13.5. The highest BCUT2D eigenvalue weighted by Gasteiger charge is 2.34. The Bertz CT molecular complexity index is 1220. The van der Waals surface area contributed by atoms with Crippen LogP contribution in [0.15, 0.2) is 77.7 Å². The lowest BCUT2D eigenvalue weighted by Gasteiger charge is -2.35. The summed E-state index contributed by atoms with van der Waals surface area (Å²) in [5, 5.41) is 0. The molecule has 0 aliphatic carbocycles. The molecule has 1 heterocycles. The van der Waals surface area contributed by atoms with Crippen LogP contribution < -0.4 is 9.46 Å². The van der Waals surface area contributed by atoms with Crippen molar-refractivity contribution in [2.75, 3.05) is 6.61 Å². The zero-order valence-corrected chi connectivity index (χ0v) is 19.5. The third-order valence-corrected chi connectivity index (χ3v) is 7.37. The zero-order chi connectivity index (χ0) is 25.9. The summed E-state index contributed by atoms with van der Waals surface area (Å²) in [4.78, 5) is -0.214. The van der Waals surface area contributed by atoms with Gasteiger partial charge in [-0.2, -0.15) is 0 Å². The number of hydrogen-bond acceptors (Lipinski definition) is 4. The van der Waals surface area contributed by atoms with E-state index in [-0.39, 0.29) is 17.9 Å². The molecule has 3 aromatic rings. The molecule has 0 aromatic heterocycles. The van der Waals surface area contributed by atoms with Crippen LogP contribution in [0.25, 0.3) is 0 Å². The first-order valence-electron chi connectivity index (χ1n) is 11.0. The maximum Gasteiger partial charge on any atom is 0.573 e. The molecule has 5 nitrogen and oxygen atoms in total. The minimum Gasteiger partial charge on any atom is -0.406 e. The molecule has 0 spiro atoms. The van der Waals surface area contributed by atoms with E-state index in [2.05, 4.69) is 9.46 Å². The van der Waals surface area contributed by atoms with Crippen molar-refractivity contribution in [3.05, 3.63) is 95.6 Å². The first-order valence-corrected chi connectivity index (χ1v) is 12.5. The lowest BCUT2D eigenvalue weighted by Crippen LogP contribution is -2.43. The van der Waals surface area contributed by atoms with Gasteiger partial charge in [-0.15, -0.1) is 13.2 Å². The number of alkyl halides is 3. The van der Waals surface area contributed by atoms with Gasteiger partial charge in [0, 0.05) is 18.6 Å². The van der Waals surface area contributed by atoms with Crippen molar-refractivity contribution in [2.24, 2.45) is 0 Å². The van der Waals surface area contributed by atoms with E-state index >= 15 is 0 Å². The highest BCUT2D eigenvalue weighted by molar-refractivity contribution is 7.89. The second kappa shape index (κ2) is 10.5. The van der Waals surface area contributed by atoms with E-state index in [0.717, 1.165) is 35.4 Å². The quantitative estimate of drug-likeness (QED) is 0.411. The molecule has 2 atom stereocenters. The van der Waals surface area contributed by atoms with Gasteiger partial charge < -0.3 is 9.47 Å². The summed E-state index contributed by atoms with van der Waals surface area (Å²) >= 11 is 0. The number of nitrogens with one attached hydrogen (secondary N) is 1. The normalized spacial score (nSPS) is 18.8. The third kappa shape index (κ3) is 6.59. The smallest absolute Gasteiger partial charge is 0.406 e. The fraction of sp³-hybridized carbons (Fsp3) is 0.280. The molecule has 192 valence electrons. The molecular formula is C25H22F5NO4S. The molecule has 0 saturated carbocycles. The molecule has 0 radical (unpaired) electrons. The van der Waals surface area contributed by atoms with Crippen molar-refractivity contribution >= 4 is 10.0 Å². The molecule has 0 bridgehead atoms. The summed E-state index contributed by atoms with van der Waals surface area (Å²) in [6.45, 7) is 0.231. The Kier molecular flexibility index (Phi) is 7.62. The van der Waals surface area contributed by atoms with Gasteiger partial charge in [0.2, 0.25) is 10.0 Å². The third-order valence-electron chi connectivity index (χ3n) is 5.83. The molecular weight excluding hydrogens is 505 g/mol. The second-order valence-corrected chi connectivity index (χ2v) is 10.1. The van der Waals surface area contributed by atoms with E-state index in [1.165, 1.54) is 24.3 Å². The van der Waals surface area contributed by atoms with Crippen molar-refractivity contribution in [3.8, 4) is 5.75 Å². The van der Waals surface area contributed by atoms with Gasteiger partial charge in [-0.3, -0.25) is 0 Å². The SMILES string of the molecule is O=S(=O)(N[C@@H]1CCOC(C(c2ccc(F)cc2)c2ccc(F)cc2)C1)c1ccc(OC(F)(F)F)cc1. The van der Waals surface area contributed by atoms with E-state index < -0.39 is 51.8 Å². The van der Waals surface area contributed by atoms with Crippen LogP contribution in [-0.2, 0) is 14.8 Å². The Hall–Kier alpha value is -3.02. The lowest BCUT2D eigenvalue weighted by molar-refractivity contribution is -0.274. The largest absolute Gasteiger partial charge is 0.573 e. The molecule has 0 amide bonds. The molecule has 11 heteroatoms. The van der Waals surface area contributed by atoms with E-state index in [1.807, 2.05) is 0 Å². The maximum absolute atomic E-state index is 13.5. The zero-order valence-electron chi connectivity index (χ0n) is 18.7. The molecule has 1 fully saturated rings. The van der Waals surface area contributed by atoms with Crippen LogP contribution >= 0.6 is 0 Å². The molecule has 1 saturated heterocycles. The number of sulfonamides is 1. The van der Waals surface area contributed by atoms with Crippen LogP contribution in [0.2, 0.25) is 0 Å². The highest BCUT2D eigenvalue weighted by atomic mass is 32.2. The topological polar surface area (TPSA) is 64.6 Å². The van der Waals surface area contributed by atoms with Gasteiger partial charge in [0.1, 0.15) is 17.4 Å². The number of hydrogen-bond donors (Lipinski definition) is 1. The Morgan fingerprint density at radius 3 is 1.89 bits per heavy atom. The van der Waals surface area contributed by atoms with E-state index in [1.54, 1.807) is 24.3 Å². The van der Waals surface area contributed by atoms with Gasteiger partial charge in [-0.1, -0.05) is 24.3 Å². The Morgan fingerprint density at radius 1 is 0.861 bits per heavy atom. The van der Waals surface area contributed by atoms with Crippen LogP contribution in [-0.4, -0.2) is 33.5 Å². The molecule has 3 aromatic carbocycles. The minimum absolute atomic E-state index is 0.214. The predicted molar refractivity (Wildman–Crippen MR) is 121 cm³/mol. The Balaban J connectivity index is 1.53. The summed E-state index contributed by atoms with van der Waals surface area (Å²) < 4.78 is 102. The van der Waals surface area contributed by atoms with Crippen LogP contribution in [0.3, 0.4) is 0 Å². The van der Waals surface area contributed by atoms with Crippen LogP contribution in [0.5, 0.6) is 5.75 Å². The Morgan fingerprint density at radius 2 is 1.39 bits per heavy atom. The summed E-state index contributed by atoms with van der Waals surface area (Å²) in [5.41, 5.74) is 1.44. The van der Waals surface area contributed by atoms with E-state index in [4.69, 9.17) is 4.74 Å². The Labute approximate surface area is 204 Å². The molecule has 1 aliphatic rings. The average Bonchev–Trinajstić information content (AvgIpc) is 2.81. The van der Waals surface area contributed by atoms with Crippen molar-refractivity contribution in [1.29, 1.82) is 0 Å².